The number of carbonyl (C=O) groups excluding carboxylic acids is 2. The van der Waals surface area contributed by atoms with Crippen molar-refractivity contribution < 1.29 is 19.2 Å². The lowest BCUT2D eigenvalue weighted by molar-refractivity contribution is -0.192. The molecule has 5 heteroatoms. The second-order valence-electron chi connectivity index (χ2n) is 11.2. The van der Waals surface area contributed by atoms with Gasteiger partial charge in [-0.15, -0.1) is 0 Å². The molecule has 4 aliphatic rings. The Hall–Kier alpha value is -1.39. The summed E-state index contributed by atoms with van der Waals surface area (Å²) in [5, 5.41) is 4.31. The summed E-state index contributed by atoms with van der Waals surface area (Å²) in [6.07, 6.45) is 8.26. The standard InChI is InChI=1S/C25H39NO4/c1-15-13-19-20(23(4)10-7-18(26-29-6)14-22(15)23)8-11-24(5)21(19)9-12-25(24,16(2)27)30-17(3)28/h15,19-22H,7-14H2,1-6H3/b26-18+/t15-,19+,20-,21-,22-,23+,24-,25+/m0/s1. The quantitative estimate of drug-likeness (QED) is 0.469. The molecule has 168 valence electrons. The zero-order valence-corrected chi connectivity index (χ0v) is 19.6. The van der Waals surface area contributed by atoms with E-state index < -0.39 is 5.60 Å². The number of esters is 1. The normalized spacial score (nSPS) is 49.0. The van der Waals surface area contributed by atoms with E-state index in [1.807, 2.05) is 0 Å². The van der Waals surface area contributed by atoms with Crippen LogP contribution >= 0.6 is 0 Å². The van der Waals surface area contributed by atoms with Crippen LogP contribution < -0.4 is 0 Å². The minimum Gasteiger partial charge on any atom is -0.451 e. The number of Topliss-reactive ketones (excluding diaryl/α,β-unsaturated/α-hetero) is 1. The molecule has 0 aromatic carbocycles. The Balaban J connectivity index is 1.66. The molecule has 4 rings (SSSR count). The zero-order chi connectivity index (χ0) is 21.9. The van der Waals surface area contributed by atoms with Crippen LogP contribution in [0.4, 0.5) is 0 Å². The molecule has 0 spiro atoms. The van der Waals surface area contributed by atoms with E-state index in [1.165, 1.54) is 25.5 Å². The minimum atomic E-state index is -0.930. The predicted molar refractivity (Wildman–Crippen MR) is 116 cm³/mol. The second-order valence-corrected chi connectivity index (χ2v) is 11.2. The first kappa shape index (κ1) is 21.8. The van der Waals surface area contributed by atoms with Crippen molar-refractivity contribution >= 4 is 17.5 Å². The Morgan fingerprint density at radius 3 is 2.37 bits per heavy atom. The third-order valence-corrected chi connectivity index (χ3v) is 10.1. The summed E-state index contributed by atoms with van der Waals surface area (Å²) < 4.78 is 5.89. The third-order valence-electron chi connectivity index (χ3n) is 10.1. The summed E-state index contributed by atoms with van der Waals surface area (Å²) in [5.41, 5.74) is 0.364. The smallest absolute Gasteiger partial charge is 0.303 e. The Labute approximate surface area is 181 Å². The van der Waals surface area contributed by atoms with Gasteiger partial charge in [-0.25, -0.2) is 0 Å². The highest BCUT2D eigenvalue weighted by atomic mass is 16.6. The average molecular weight is 418 g/mol. The first-order valence-electron chi connectivity index (χ1n) is 11.9. The fourth-order valence-corrected chi connectivity index (χ4v) is 8.80. The molecule has 0 N–H and O–H groups in total. The van der Waals surface area contributed by atoms with Gasteiger partial charge in [0.2, 0.25) is 0 Å². The number of ether oxygens (including phenoxy) is 1. The van der Waals surface area contributed by atoms with Gasteiger partial charge in [0, 0.05) is 12.3 Å². The maximum Gasteiger partial charge on any atom is 0.303 e. The van der Waals surface area contributed by atoms with Crippen molar-refractivity contribution in [2.45, 2.75) is 91.6 Å². The molecule has 0 saturated heterocycles. The number of oxime groups is 1. The molecule has 4 aliphatic carbocycles. The van der Waals surface area contributed by atoms with Gasteiger partial charge in [0.15, 0.2) is 11.4 Å². The fourth-order valence-electron chi connectivity index (χ4n) is 8.80. The molecule has 0 heterocycles. The zero-order valence-electron chi connectivity index (χ0n) is 19.6. The SMILES string of the molecule is CO/N=C1\CC[C@]2(C)[C@H]3CC[C@@]4(C)[C@@H](CC[C@@]4(OC(C)=O)C(C)=O)[C@@H]3C[C@H](C)[C@@H]2C1. The van der Waals surface area contributed by atoms with Crippen molar-refractivity contribution in [2.75, 3.05) is 7.11 Å². The molecule has 8 atom stereocenters. The van der Waals surface area contributed by atoms with Gasteiger partial charge in [-0.1, -0.05) is 25.9 Å². The van der Waals surface area contributed by atoms with Crippen LogP contribution in [0.3, 0.4) is 0 Å². The fraction of sp³-hybridized carbons (Fsp3) is 0.880. The number of carbonyl (C=O) groups is 2. The van der Waals surface area contributed by atoms with Crippen molar-refractivity contribution in [3.8, 4) is 0 Å². The molecule has 0 aliphatic heterocycles. The molecule has 0 amide bonds. The topological polar surface area (TPSA) is 65.0 Å². The Morgan fingerprint density at radius 1 is 1.03 bits per heavy atom. The van der Waals surface area contributed by atoms with Gasteiger partial charge in [-0.3, -0.25) is 9.59 Å². The van der Waals surface area contributed by atoms with Crippen LogP contribution in [0.15, 0.2) is 5.16 Å². The van der Waals surface area contributed by atoms with Gasteiger partial charge >= 0.3 is 5.97 Å². The van der Waals surface area contributed by atoms with Crippen LogP contribution in [0.2, 0.25) is 0 Å². The number of hydrogen-bond acceptors (Lipinski definition) is 5. The molecule has 0 aromatic rings. The summed E-state index contributed by atoms with van der Waals surface area (Å²) in [6, 6.07) is 0. The van der Waals surface area contributed by atoms with Gasteiger partial charge < -0.3 is 9.57 Å². The lowest BCUT2D eigenvalue weighted by Crippen LogP contribution is -2.60. The van der Waals surface area contributed by atoms with Crippen molar-refractivity contribution in [1.82, 2.24) is 0 Å². The van der Waals surface area contributed by atoms with E-state index in [4.69, 9.17) is 9.57 Å². The molecule has 4 saturated carbocycles. The highest BCUT2D eigenvalue weighted by Gasteiger charge is 2.68. The van der Waals surface area contributed by atoms with Crippen LogP contribution in [0.5, 0.6) is 0 Å². The second kappa shape index (κ2) is 7.34. The van der Waals surface area contributed by atoms with Crippen LogP contribution in [0, 0.1) is 40.4 Å². The van der Waals surface area contributed by atoms with Crippen molar-refractivity contribution in [3.63, 3.8) is 0 Å². The first-order valence-corrected chi connectivity index (χ1v) is 11.9. The number of hydrogen-bond donors (Lipinski definition) is 0. The van der Waals surface area contributed by atoms with Crippen molar-refractivity contribution in [1.29, 1.82) is 0 Å². The highest BCUT2D eigenvalue weighted by Crippen LogP contribution is 2.69. The molecule has 0 unspecified atom stereocenters. The lowest BCUT2D eigenvalue weighted by Gasteiger charge is -2.62. The Kier molecular flexibility index (Phi) is 5.34. The lowest BCUT2D eigenvalue weighted by atomic mass is 9.42. The number of fused-ring (bicyclic) bond motifs is 5. The van der Waals surface area contributed by atoms with E-state index in [0.29, 0.717) is 41.4 Å². The van der Waals surface area contributed by atoms with Gasteiger partial charge in [-0.05, 0) is 93.3 Å². The van der Waals surface area contributed by atoms with Crippen LogP contribution in [0.25, 0.3) is 0 Å². The average Bonchev–Trinajstić information content (AvgIpc) is 2.96. The molecular weight excluding hydrogens is 378 g/mol. The van der Waals surface area contributed by atoms with E-state index >= 15 is 0 Å². The van der Waals surface area contributed by atoms with E-state index in [1.54, 1.807) is 14.0 Å². The van der Waals surface area contributed by atoms with E-state index in [-0.39, 0.29) is 17.2 Å². The number of ketones is 1. The van der Waals surface area contributed by atoms with Crippen LogP contribution in [0.1, 0.15) is 86.0 Å². The maximum absolute atomic E-state index is 12.9. The van der Waals surface area contributed by atoms with Crippen LogP contribution in [-0.2, 0) is 19.2 Å². The summed E-state index contributed by atoms with van der Waals surface area (Å²) >= 11 is 0. The molecule has 0 radical (unpaired) electrons. The number of nitrogens with zero attached hydrogens (tertiary/aromatic N) is 1. The van der Waals surface area contributed by atoms with E-state index in [9.17, 15) is 9.59 Å². The largest absolute Gasteiger partial charge is 0.451 e. The van der Waals surface area contributed by atoms with E-state index in [0.717, 1.165) is 32.1 Å². The third kappa shape index (κ3) is 2.90. The summed E-state index contributed by atoms with van der Waals surface area (Å²) in [7, 11) is 1.65. The highest BCUT2D eigenvalue weighted by molar-refractivity contribution is 5.89. The molecule has 4 fully saturated rings. The van der Waals surface area contributed by atoms with Gasteiger partial charge in [0.25, 0.3) is 0 Å². The summed E-state index contributed by atoms with van der Waals surface area (Å²) in [4.78, 5) is 30.0. The molecule has 30 heavy (non-hydrogen) atoms. The van der Waals surface area contributed by atoms with Crippen LogP contribution in [-0.4, -0.2) is 30.2 Å². The molecule has 0 bridgehead atoms. The summed E-state index contributed by atoms with van der Waals surface area (Å²) in [5.74, 6) is 2.73. The summed E-state index contributed by atoms with van der Waals surface area (Å²) in [6.45, 7) is 10.3. The van der Waals surface area contributed by atoms with Gasteiger partial charge in [0.1, 0.15) is 7.11 Å². The minimum absolute atomic E-state index is 0.0344. The van der Waals surface area contributed by atoms with Crippen molar-refractivity contribution in [3.05, 3.63) is 0 Å². The monoisotopic (exact) mass is 417 g/mol. The molecular formula is C25H39NO4. The number of rotatable bonds is 3. The first-order chi connectivity index (χ1) is 14.1. The van der Waals surface area contributed by atoms with E-state index in [2.05, 4.69) is 25.9 Å². The predicted octanol–water partition coefficient (Wildman–Crippen LogP) is 5.17. The molecule has 0 aromatic heterocycles. The van der Waals surface area contributed by atoms with Gasteiger partial charge in [0.05, 0.1) is 5.71 Å². The molecule has 5 nitrogen and oxygen atoms in total. The van der Waals surface area contributed by atoms with Gasteiger partial charge in [-0.2, -0.15) is 0 Å². The Morgan fingerprint density at radius 2 is 1.73 bits per heavy atom. The Bertz CT molecular complexity index is 762. The maximum atomic E-state index is 12.9. The van der Waals surface area contributed by atoms with Crippen molar-refractivity contribution in [2.24, 2.45) is 45.6 Å².